The van der Waals surface area contributed by atoms with Gasteiger partial charge >= 0.3 is 0 Å². The van der Waals surface area contributed by atoms with E-state index in [0.29, 0.717) is 12.5 Å². The van der Waals surface area contributed by atoms with Crippen molar-refractivity contribution in [2.24, 2.45) is 0 Å². The predicted octanol–water partition coefficient (Wildman–Crippen LogP) is 4.76. The Hall–Kier alpha value is -3.28. The molecule has 0 amide bonds. The van der Waals surface area contributed by atoms with Crippen LogP contribution in [0.15, 0.2) is 48.5 Å². The fraction of sp³-hybridized carbons (Fsp3) is 0.304. The molecule has 3 aromatic rings. The van der Waals surface area contributed by atoms with E-state index in [1.165, 1.54) is 5.56 Å². The van der Waals surface area contributed by atoms with Crippen LogP contribution in [0.3, 0.4) is 0 Å². The highest BCUT2D eigenvalue weighted by Gasteiger charge is 2.07. The molecule has 0 aliphatic heterocycles. The van der Waals surface area contributed by atoms with E-state index in [2.05, 4.69) is 45.7 Å². The fourth-order valence-corrected chi connectivity index (χ4v) is 3.15. The Morgan fingerprint density at radius 1 is 0.931 bits per heavy atom. The second kappa shape index (κ2) is 9.78. The molecule has 0 radical (unpaired) electrons. The summed E-state index contributed by atoms with van der Waals surface area (Å²) in [6, 6.07) is 16.2. The van der Waals surface area contributed by atoms with Gasteiger partial charge in [-0.3, -0.25) is 0 Å². The number of nitrogens with one attached hydrogen (secondary N) is 2. The number of aryl methyl sites for hydroxylation is 2. The van der Waals surface area contributed by atoms with Crippen LogP contribution in [0.25, 0.3) is 0 Å². The number of hydrogen-bond acceptors (Lipinski definition) is 6. The molecule has 0 aliphatic carbocycles. The highest BCUT2D eigenvalue weighted by atomic mass is 16.5. The number of para-hydroxylation sites is 1. The number of methoxy groups -OCH3 is 2. The van der Waals surface area contributed by atoms with E-state index in [1.54, 1.807) is 14.2 Å². The number of anilines is 3. The molecule has 1 aromatic heterocycles. The maximum absolute atomic E-state index is 5.37. The van der Waals surface area contributed by atoms with Crippen molar-refractivity contribution >= 4 is 17.5 Å². The number of benzene rings is 2. The summed E-state index contributed by atoms with van der Waals surface area (Å²) in [4.78, 5) is 9.12. The Morgan fingerprint density at radius 3 is 2.48 bits per heavy atom. The number of ether oxygens (including phenoxy) is 2. The minimum Gasteiger partial charge on any atom is -0.493 e. The van der Waals surface area contributed by atoms with Gasteiger partial charge in [-0.2, -0.15) is 4.98 Å². The molecule has 0 saturated carbocycles. The molecule has 0 spiro atoms. The highest BCUT2D eigenvalue weighted by molar-refractivity contribution is 5.61. The molecule has 0 bridgehead atoms. The van der Waals surface area contributed by atoms with Crippen LogP contribution in [-0.4, -0.2) is 30.7 Å². The summed E-state index contributed by atoms with van der Waals surface area (Å²) in [7, 11) is 3.28. The van der Waals surface area contributed by atoms with Gasteiger partial charge in [-0.25, -0.2) is 4.98 Å². The third-order valence-electron chi connectivity index (χ3n) is 4.66. The lowest BCUT2D eigenvalue weighted by atomic mass is 10.1. The molecular formula is C23H28N4O2. The van der Waals surface area contributed by atoms with Crippen molar-refractivity contribution in [1.82, 2.24) is 9.97 Å². The first kappa shape index (κ1) is 20.5. The molecule has 0 saturated heterocycles. The van der Waals surface area contributed by atoms with Crippen molar-refractivity contribution in [2.75, 3.05) is 31.4 Å². The summed E-state index contributed by atoms with van der Waals surface area (Å²) in [6.45, 7) is 4.83. The van der Waals surface area contributed by atoms with Gasteiger partial charge in [0, 0.05) is 24.0 Å². The second-order valence-electron chi connectivity index (χ2n) is 6.72. The van der Waals surface area contributed by atoms with Crippen LogP contribution in [0.4, 0.5) is 17.5 Å². The van der Waals surface area contributed by atoms with Crippen LogP contribution in [0, 0.1) is 6.92 Å². The second-order valence-corrected chi connectivity index (χ2v) is 6.72. The van der Waals surface area contributed by atoms with Gasteiger partial charge < -0.3 is 20.1 Å². The quantitative estimate of drug-likeness (QED) is 0.547. The summed E-state index contributed by atoms with van der Waals surface area (Å²) in [5.74, 6) is 2.86. The van der Waals surface area contributed by atoms with E-state index in [4.69, 9.17) is 9.47 Å². The zero-order chi connectivity index (χ0) is 20.6. The summed E-state index contributed by atoms with van der Waals surface area (Å²) < 4.78 is 10.7. The monoisotopic (exact) mass is 392 g/mol. The Kier molecular flexibility index (Phi) is 6.89. The minimum atomic E-state index is 0.613. The highest BCUT2D eigenvalue weighted by Crippen LogP contribution is 2.27. The van der Waals surface area contributed by atoms with Crippen LogP contribution < -0.4 is 20.1 Å². The third-order valence-corrected chi connectivity index (χ3v) is 4.66. The molecule has 152 valence electrons. The van der Waals surface area contributed by atoms with Gasteiger partial charge in [0.2, 0.25) is 5.95 Å². The molecule has 2 N–H and O–H groups in total. The zero-order valence-electron chi connectivity index (χ0n) is 17.5. The Morgan fingerprint density at radius 2 is 1.72 bits per heavy atom. The normalized spacial score (nSPS) is 10.5. The molecule has 0 aliphatic rings. The number of hydrogen-bond donors (Lipinski definition) is 2. The SMILES string of the molecule is CCc1ccccc1Nc1cc(C)nc(NCCc2ccc(OC)c(OC)c2)n1. The van der Waals surface area contributed by atoms with Gasteiger partial charge in [0.05, 0.1) is 14.2 Å². The number of rotatable bonds is 9. The largest absolute Gasteiger partial charge is 0.493 e. The Bertz CT molecular complexity index is 959. The maximum atomic E-state index is 5.37. The first-order valence-corrected chi connectivity index (χ1v) is 9.78. The van der Waals surface area contributed by atoms with Gasteiger partial charge in [-0.05, 0) is 49.1 Å². The topological polar surface area (TPSA) is 68.3 Å². The van der Waals surface area contributed by atoms with E-state index < -0.39 is 0 Å². The van der Waals surface area contributed by atoms with Crippen molar-refractivity contribution in [1.29, 1.82) is 0 Å². The maximum Gasteiger partial charge on any atom is 0.224 e. The van der Waals surface area contributed by atoms with Crippen LogP contribution in [-0.2, 0) is 12.8 Å². The standard InChI is InChI=1S/C23H28N4O2/c1-5-18-8-6-7-9-19(18)26-22-14-16(2)25-23(27-22)24-13-12-17-10-11-20(28-3)21(15-17)29-4/h6-11,14-15H,5,12-13H2,1-4H3,(H2,24,25,26,27). The predicted molar refractivity (Wildman–Crippen MR) is 118 cm³/mol. The molecule has 29 heavy (non-hydrogen) atoms. The Balaban J connectivity index is 1.66. The van der Waals surface area contributed by atoms with Crippen molar-refractivity contribution in [3.8, 4) is 11.5 Å². The molecule has 0 fully saturated rings. The van der Waals surface area contributed by atoms with Crippen molar-refractivity contribution in [3.63, 3.8) is 0 Å². The molecule has 2 aromatic carbocycles. The smallest absolute Gasteiger partial charge is 0.224 e. The molecule has 3 rings (SSSR count). The van der Waals surface area contributed by atoms with Gasteiger partial charge in [-0.1, -0.05) is 31.2 Å². The lowest BCUT2D eigenvalue weighted by Gasteiger charge is -2.13. The van der Waals surface area contributed by atoms with Crippen LogP contribution in [0.1, 0.15) is 23.7 Å². The average molecular weight is 393 g/mol. The van der Waals surface area contributed by atoms with E-state index in [0.717, 1.165) is 47.1 Å². The van der Waals surface area contributed by atoms with E-state index in [-0.39, 0.29) is 0 Å². The lowest BCUT2D eigenvalue weighted by molar-refractivity contribution is 0.354. The lowest BCUT2D eigenvalue weighted by Crippen LogP contribution is -2.10. The van der Waals surface area contributed by atoms with Gasteiger partial charge in [0.15, 0.2) is 11.5 Å². The zero-order valence-corrected chi connectivity index (χ0v) is 17.5. The average Bonchev–Trinajstić information content (AvgIpc) is 2.73. The minimum absolute atomic E-state index is 0.613. The summed E-state index contributed by atoms with van der Waals surface area (Å²) in [6.07, 6.45) is 1.78. The molecule has 0 atom stereocenters. The number of aromatic nitrogens is 2. The molecule has 0 unspecified atom stereocenters. The Labute approximate surface area is 172 Å². The van der Waals surface area contributed by atoms with E-state index in [1.807, 2.05) is 37.3 Å². The fourth-order valence-electron chi connectivity index (χ4n) is 3.15. The van der Waals surface area contributed by atoms with Gasteiger partial charge in [0.1, 0.15) is 5.82 Å². The first-order valence-electron chi connectivity index (χ1n) is 9.78. The van der Waals surface area contributed by atoms with Gasteiger partial charge in [0.25, 0.3) is 0 Å². The summed E-state index contributed by atoms with van der Waals surface area (Å²) in [5, 5.41) is 6.74. The van der Waals surface area contributed by atoms with Crippen molar-refractivity contribution in [2.45, 2.75) is 26.7 Å². The van der Waals surface area contributed by atoms with Crippen LogP contribution in [0.5, 0.6) is 11.5 Å². The summed E-state index contributed by atoms with van der Waals surface area (Å²) >= 11 is 0. The molecule has 1 heterocycles. The van der Waals surface area contributed by atoms with E-state index in [9.17, 15) is 0 Å². The van der Waals surface area contributed by atoms with Crippen LogP contribution in [0.2, 0.25) is 0 Å². The van der Waals surface area contributed by atoms with Gasteiger partial charge in [-0.15, -0.1) is 0 Å². The number of nitrogens with zero attached hydrogens (tertiary/aromatic N) is 2. The molecule has 6 nitrogen and oxygen atoms in total. The van der Waals surface area contributed by atoms with Crippen molar-refractivity contribution in [3.05, 3.63) is 65.4 Å². The molecular weight excluding hydrogens is 364 g/mol. The summed E-state index contributed by atoms with van der Waals surface area (Å²) in [5.41, 5.74) is 4.39. The third kappa shape index (κ3) is 5.38. The first-order chi connectivity index (χ1) is 14.1. The van der Waals surface area contributed by atoms with Crippen LogP contribution >= 0.6 is 0 Å². The molecule has 6 heteroatoms. The van der Waals surface area contributed by atoms with E-state index >= 15 is 0 Å². The van der Waals surface area contributed by atoms with Crippen molar-refractivity contribution < 1.29 is 9.47 Å².